The molecule has 0 aliphatic heterocycles. The molecule has 18 heavy (non-hydrogen) atoms. The summed E-state index contributed by atoms with van der Waals surface area (Å²) in [6, 6.07) is 0. The molecule has 0 fully saturated rings. The number of hydrogen-bond acceptors (Lipinski definition) is 7. The first-order valence-electron chi connectivity index (χ1n) is 5.50. The Kier molecular flexibility index (Phi) is 5.44. The van der Waals surface area contributed by atoms with Crippen molar-refractivity contribution >= 4 is 18.1 Å². The van der Waals surface area contributed by atoms with Gasteiger partial charge in [0, 0.05) is 0 Å². The van der Waals surface area contributed by atoms with Gasteiger partial charge in [0.1, 0.15) is 0 Å². The standard InChI is InChI=1S/C11H18O7/c1-5-10(3,15)7(12)17-9(14)18-8(13)11(4,16)6-2/h15-16H,5-6H2,1-4H3. The van der Waals surface area contributed by atoms with Crippen LogP contribution in [0.3, 0.4) is 0 Å². The molecule has 0 saturated carbocycles. The summed E-state index contributed by atoms with van der Waals surface area (Å²) in [5.74, 6) is -2.45. The fraction of sp³-hybridized carbons (Fsp3) is 0.727. The van der Waals surface area contributed by atoms with Crippen molar-refractivity contribution in [2.24, 2.45) is 0 Å². The molecule has 0 aromatic rings. The SMILES string of the molecule is CCC(C)(O)C(=O)OC(=O)OC(=O)C(C)(O)CC. The summed E-state index contributed by atoms with van der Waals surface area (Å²) in [5.41, 5.74) is -3.68. The van der Waals surface area contributed by atoms with E-state index in [4.69, 9.17) is 0 Å². The zero-order valence-corrected chi connectivity index (χ0v) is 10.8. The molecule has 2 atom stereocenters. The summed E-state index contributed by atoms with van der Waals surface area (Å²) >= 11 is 0. The lowest BCUT2D eigenvalue weighted by Gasteiger charge is -2.20. The van der Waals surface area contributed by atoms with Gasteiger partial charge >= 0.3 is 18.1 Å². The van der Waals surface area contributed by atoms with Gasteiger partial charge in [-0.25, -0.2) is 14.4 Å². The van der Waals surface area contributed by atoms with Crippen LogP contribution in [0.5, 0.6) is 0 Å². The Labute approximate surface area is 105 Å². The zero-order chi connectivity index (χ0) is 14.6. The Bertz CT molecular complexity index is 311. The van der Waals surface area contributed by atoms with Crippen molar-refractivity contribution in [1.29, 1.82) is 0 Å². The van der Waals surface area contributed by atoms with Gasteiger partial charge in [-0.15, -0.1) is 0 Å². The fourth-order valence-electron chi connectivity index (χ4n) is 0.681. The summed E-state index contributed by atoms with van der Waals surface area (Å²) < 4.78 is 8.27. The van der Waals surface area contributed by atoms with E-state index < -0.39 is 29.3 Å². The van der Waals surface area contributed by atoms with E-state index in [2.05, 4.69) is 9.47 Å². The molecule has 2 unspecified atom stereocenters. The Morgan fingerprint density at radius 1 is 0.889 bits per heavy atom. The number of carbonyl (C=O) groups is 3. The lowest BCUT2D eigenvalue weighted by molar-refractivity contribution is -0.167. The van der Waals surface area contributed by atoms with E-state index >= 15 is 0 Å². The topological polar surface area (TPSA) is 110 Å². The lowest BCUT2D eigenvalue weighted by atomic mass is 10.0. The van der Waals surface area contributed by atoms with Gasteiger partial charge < -0.3 is 19.7 Å². The Balaban J connectivity index is 4.47. The molecular weight excluding hydrogens is 244 g/mol. The molecule has 0 aromatic carbocycles. The van der Waals surface area contributed by atoms with Crippen molar-refractivity contribution < 1.29 is 34.1 Å². The molecule has 0 radical (unpaired) electrons. The molecular formula is C11H18O7. The summed E-state index contributed by atoms with van der Waals surface area (Å²) in [6.07, 6.45) is -1.52. The molecule has 7 nitrogen and oxygen atoms in total. The van der Waals surface area contributed by atoms with Gasteiger partial charge in [0.15, 0.2) is 11.2 Å². The second-order valence-corrected chi connectivity index (χ2v) is 4.28. The van der Waals surface area contributed by atoms with Crippen LogP contribution in [0.4, 0.5) is 4.79 Å². The Morgan fingerprint density at radius 3 is 1.39 bits per heavy atom. The van der Waals surface area contributed by atoms with Gasteiger partial charge in [-0.1, -0.05) is 13.8 Å². The molecule has 7 heteroatoms. The lowest BCUT2D eigenvalue weighted by Crippen LogP contribution is -2.40. The summed E-state index contributed by atoms with van der Waals surface area (Å²) in [4.78, 5) is 33.6. The largest absolute Gasteiger partial charge is 0.524 e. The van der Waals surface area contributed by atoms with Crippen LogP contribution >= 0.6 is 0 Å². The van der Waals surface area contributed by atoms with Crippen LogP contribution in [-0.4, -0.2) is 39.5 Å². The van der Waals surface area contributed by atoms with E-state index in [1.54, 1.807) is 0 Å². The van der Waals surface area contributed by atoms with Crippen molar-refractivity contribution in [1.82, 2.24) is 0 Å². The number of rotatable bonds is 4. The fourth-order valence-corrected chi connectivity index (χ4v) is 0.681. The highest BCUT2D eigenvalue weighted by molar-refractivity contribution is 5.93. The average Bonchev–Trinajstić information content (AvgIpc) is 2.28. The van der Waals surface area contributed by atoms with Crippen LogP contribution in [0.1, 0.15) is 40.5 Å². The molecule has 0 heterocycles. The Morgan fingerprint density at radius 2 is 1.17 bits per heavy atom. The zero-order valence-electron chi connectivity index (χ0n) is 10.8. The quantitative estimate of drug-likeness (QED) is 0.561. The van der Waals surface area contributed by atoms with Gasteiger partial charge in [0.2, 0.25) is 0 Å². The first kappa shape index (κ1) is 16.5. The minimum Gasteiger partial charge on any atom is -0.378 e. The number of esters is 2. The Hall–Kier alpha value is -1.47. The van der Waals surface area contributed by atoms with E-state index in [0.29, 0.717) is 0 Å². The van der Waals surface area contributed by atoms with Crippen molar-refractivity contribution in [2.45, 2.75) is 51.7 Å². The van der Waals surface area contributed by atoms with Crippen LogP contribution in [0, 0.1) is 0 Å². The van der Waals surface area contributed by atoms with Crippen LogP contribution in [-0.2, 0) is 19.1 Å². The number of ether oxygens (including phenoxy) is 2. The minimum atomic E-state index is -1.84. The second-order valence-electron chi connectivity index (χ2n) is 4.28. The predicted molar refractivity (Wildman–Crippen MR) is 59.4 cm³/mol. The summed E-state index contributed by atoms with van der Waals surface area (Å²) in [5, 5.41) is 18.9. The maximum Gasteiger partial charge on any atom is 0.524 e. The van der Waals surface area contributed by atoms with E-state index in [1.807, 2.05) is 0 Å². The molecule has 0 aromatic heterocycles. The van der Waals surface area contributed by atoms with Gasteiger partial charge in [-0.05, 0) is 26.7 Å². The number of hydrogen-bond donors (Lipinski definition) is 2. The molecule has 0 saturated heterocycles. The minimum absolute atomic E-state index is 0.0275. The maximum absolute atomic E-state index is 11.3. The molecule has 0 bridgehead atoms. The molecule has 2 N–H and O–H groups in total. The van der Waals surface area contributed by atoms with Crippen LogP contribution in [0.2, 0.25) is 0 Å². The van der Waals surface area contributed by atoms with E-state index in [9.17, 15) is 24.6 Å². The summed E-state index contributed by atoms with van der Waals surface area (Å²) in [6.45, 7) is 5.35. The van der Waals surface area contributed by atoms with Crippen molar-refractivity contribution in [3.05, 3.63) is 0 Å². The first-order valence-corrected chi connectivity index (χ1v) is 5.50. The van der Waals surface area contributed by atoms with Gasteiger partial charge in [0.25, 0.3) is 0 Å². The highest BCUT2D eigenvalue weighted by Gasteiger charge is 2.36. The second kappa shape index (κ2) is 5.92. The predicted octanol–water partition coefficient (Wildman–Crippen LogP) is 0.515. The third kappa shape index (κ3) is 4.42. The average molecular weight is 262 g/mol. The summed E-state index contributed by atoms with van der Waals surface area (Å²) in [7, 11) is 0. The van der Waals surface area contributed by atoms with E-state index in [-0.39, 0.29) is 12.8 Å². The third-order valence-electron chi connectivity index (χ3n) is 2.61. The highest BCUT2D eigenvalue weighted by Crippen LogP contribution is 2.13. The number of aliphatic hydroxyl groups is 2. The van der Waals surface area contributed by atoms with E-state index in [1.165, 1.54) is 13.8 Å². The normalized spacial score (nSPS) is 17.2. The van der Waals surface area contributed by atoms with Crippen molar-refractivity contribution in [3.63, 3.8) is 0 Å². The smallest absolute Gasteiger partial charge is 0.378 e. The van der Waals surface area contributed by atoms with Gasteiger partial charge in [-0.3, -0.25) is 0 Å². The van der Waals surface area contributed by atoms with Gasteiger partial charge in [-0.2, -0.15) is 0 Å². The third-order valence-corrected chi connectivity index (χ3v) is 2.61. The molecule has 0 amide bonds. The first-order chi connectivity index (χ1) is 8.06. The number of carbonyl (C=O) groups excluding carboxylic acids is 3. The van der Waals surface area contributed by atoms with Crippen LogP contribution < -0.4 is 0 Å². The van der Waals surface area contributed by atoms with Gasteiger partial charge in [0.05, 0.1) is 0 Å². The van der Waals surface area contributed by atoms with Crippen molar-refractivity contribution in [3.8, 4) is 0 Å². The maximum atomic E-state index is 11.3. The molecule has 0 aliphatic carbocycles. The molecule has 104 valence electrons. The molecule has 0 rings (SSSR count). The molecule has 0 aliphatic rings. The highest BCUT2D eigenvalue weighted by atomic mass is 16.8. The monoisotopic (exact) mass is 262 g/mol. The molecule has 0 spiro atoms. The van der Waals surface area contributed by atoms with Crippen LogP contribution in [0.15, 0.2) is 0 Å². The van der Waals surface area contributed by atoms with E-state index in [0.717, 1.165) is 13.8 Å². The van der Waals surface area contributed by atoms with Crippen LogP contribution in [0.25, 0.3) is 0 Å². The van der Waals surface area contributed by atoms with Crippen molar-refractivity contribution in [2.75, 3.05) is 0 Å².